The van der Waals surface area contributed by atoms with Crippen molar-refractivity contribution in [2.45, 2.75) is 105 Å². The van der Waals surface area contributed by atoms with Crippen molar-refractivity contribution in [3.8, 4) is 117 Å². The van der Waals surface area contributed by atoms with Crippen LogP contribution in [0, 0.1) is 0 Å². The molecule has 0 spiro atoms. The number of rotatable bonds is 13. The number of fused-ring (bicyclic) bond motifs is 13. The minimum absolute atomic E-state index is 0.163. The van der Waals surface area contributed by atoms with Gasteiger partial charge in [0.05, 0.1) is 28.1 Å². The van der Waals surface area contributed by atoms with Crippen LogP contribution in [0.25, 0.3) is 183 Å². The fourth-order valence-corrected chi connectivity index (χ4v) is 21.7. The second kappa shape index (κ2) is 32.0. The van der Waals surface area contributed by atoms with Crippen LogP contribution >= 0.6 is 0 Å². The Bertz CT molecular complexity index is 8170. The molecule has 0 fully saturated rings. The van der Waals surface area contributed by atoms with Crippen molar-refractivity contribution in [2.75, 3.05) is 9.80 Å². The summed E-state index contributed by atoms with van der Waals surface area (Å²) in [5, 5.41) is 6.61. The van der Waals surface area contributed by atoms with E-state index < -0.39 is 6.71 Å². The number of para-hydroxylation sites is 2. The van der Waals surface area contributed by atoms with Gasteiger partial charge in [0.25, 0.3) is 6.71 Å². The van der Waals surface area contributed by atoms with Gasteiger partial charge in [0.15, 0.2) is 0 Å². The molecule has 0 N–H and O–H groups in total. The number of aromatic nitrogens is 1. The molecule has 2 aliphatic heterocycles. The summed E-state index contributed by atoms with van der Waals surface area (Å²) in [6.45, 7) is 27.9. The van der Waals surface area contributed by atoms with Gasteiger partial charge in [0, 0.05) is 77.3 Å². The quantitative estimate of drug-likeness (QED) is 0.108. The molecule has 6 heteroatoms. The molecule has 0 unspecified atom stereocenters. The Hall–Kier alpha value is -15.8. The number of furan rings is 2. The first-order valence-electron chi connectivity index (χ1n) is 47.9. The second-order valence-corrected chi connectivity index (χ2v) is 41.5. The zero-order valence-corrected chi connectivity index (χ0v) is 79.0. The third-order valence-corrected chi connectivity index (χ3v) is 28.7. The largest absolute Gasteiger partial charge is 0.456 e. The highest BCUT2D eigenvalue weighted by atomic mass is 16.3. The molecule has 0 saturated carbocycles. The number of nitrogens with zero attached hydrogens (tertiary/aromatic N) is 3. The molecule has 5 nitrogen and oxygen atoms in total. The third-order valence-electron chi connectivity index (χ3n) is 28.7. The van der Waals surface area contributed by atoms with Crippen molar-refractivity contribution < 1.29 is 8.83 Å². The standard InChI is InChI=1S/C130H104BN3O2/c1-127(2,3)95-59-63-112-106(73-95)107-74-96(128(4,5)6)60-64-113(107)132(112)99-79-116-124-117(80-99)134(125-104(85-45-27-17-28-46-85)75-97(129(7,8)9)76-105(125)86-47-29-18-30-48-86)115-72-88(94-69-91(83-41-23-15-24-42-83)66-92(70-94)84-43-25-16-26-44-84)57-61-110(115)131(124)111-71-87(93-67-89(81-37-19-13-20-38-81)65-90(68-93)82-39-21-14-22-40-82)58-62-114(111)133(116)126-108(100-51-35-55-120-122(100)102-49-31-33-53-118(102)135-120)77-98(130(10,11)12)78-109(126)101-52-36-56-121-123(101)103-50-32-34-54-119(103)136-121/h13-80H,1-12H3. The molecule has 3 aromatic heterocycles. The van der Waals surface area contributed by atoms with Gasteiger partial charge in [-0.15, -0.1) is 0 Å². The normalized spacial score (nSPS) is 12.8. The van der Waals surface area contributed by atoms with E-state index in [1.807, 2.05) is 0 Å². The first kappa shape index (κ1) is 83.3. The van der Waals surface area contributed by atoms with E-state index in [1.54, 1.807) is 0 Å². The average Bonchev–Trinajstić information content (AvgIpc) is 0.776. The highest BCUT2D eigenvalue weighted by molar-refractivity contribution is 7.00. The Morgan fingerprint density at radius 2 is 0.544 bits per heavy atom. The van der Waals surface area contributed by atoms with Crippen molar-refractivity contribution in [3.05, 3.63) is 435 Å². The van der Waals surface area contributed by atoms with Crippen molar-refractivity contribution in [2.24, 2.45) is 0 Å². The van der Waals surface area contributed by atoms with Crippen LogP contribution in [-0.2, 0) is 21.7 Å². The van der Waals surface area contributed by atoms with Crippen molar-refractivity contribution >= 4 is 123 Å². The van der Waals surface area contributed by atoms with E-state index in [1.165, 1.54) is 38.5 Å². The molecule has 136 heavy (non-hydrogen) atoms. The average molecular weight is 1750 g/mol. The third kappa shape index (κ3) is 14.2. The summed E-state index contributed by atoms with van der Waals surface area (Å²) in [5.74, 6) is 0. The zero-order valence-electron chi connectivity index (χ0n) is 79.0. The highest BCUT2D eigenvalue weighted by Crippen LogP contribution is 2.58. The minimum atomic E-state index is -0.439. The SMILES string of the molecule is CC(C)(C)c1cc(-c2ccccc2)c(N2c3cc(-c4cc(-c5ccccc5)cc(-c5ccccc5)c4)ccc3B3c4cc(-c5cc(-c6ccccc6)cc(-c6ccccc6)c5)ccc4N(c4c(-c5cccc6oc7ccccc7c56)cc(C(C)(C)C)cc4-c4cccc5oc6ccccc6c45)c4cc(-n5c6ccc(C(C)(C)C)cc6c6cc(C(C)(C)C)ccc65)cc2c43)c(-c2ccccc2)c1. The smallest absolute Gasteiger partial charge is 0.252 e. The summed E-state index contributed by atoms with van der Waals surface area (Å²) in [6.07, 6.45) is 0. The Morgan fingerprint density at radius 3 is 0.949 bits per heavy atom. The summed E-state index contributed by atoms with van der Waals surface area (Å²) in [7, 11) is 0. The molecule has 0 saturated heterocycles. The molecule has 5 heterocycles. The molecule has 19 aromatic carbocycles. The Labute approximate surface area is 797 Å². The van der Waals surface area contributed by atoms with E-state index in [4.69, 9.17) is 8.83 Å². The number of benzene rings is 19. The lowest BCUT2D eigenvalue weighted by atomic mass is 9.33. The Balaban J connectivity index is 0.924. The van der Waals surface area contributed by atoms with Crippen LogP contribution in [0.3, 0.4) is 0 Å². The van der Waals surface area contributed by atoms with E-state index in [-0.39, 0.29) is 21.7 Å². The molecule has 0 radical (unpaired) electrons. The lowest BCUT2D eigenvalue weighted by Crippen LogP contribution is -2.61. The van der Waals surface area contributed by atoms with Crippen LogP contribution in [0.2, 0.25) is 0 Å². The molecule has 0 aliphatic carbocycles. The van der Waals surface area contributed by atoms with Gasteiger partial charge in [-0.05, 0) is 283 Å². The summed E-state index contributed by atoms with van der Waals surface area (Å²) in [5.41, 5.74) is 42.5. The van der Waals surface area contributed by atoms with Crippen molar-refractivity contribution in [3.63, 3.8) is 0 Å². The predicted molar refractivity (Wildman–Crippen MR) is 579 cm³/mol. The Kier molecular flexibility index (Phi) is 19.6. The number of hydrogen-bond donors (Lipinski definition) is 0. The van der Waals surface area contributed by atoms with Crippen LogP contribution in [0.1, 0.15) is 105 Å². The van der Waals surface area contributed by atoms with E-state index >= 15 is 0 Å². The molecule has 22 aromatic rings. The maximum Gasteiger partial charge on any atom is 0.252 e. The molecular weight excluding hydrogens is 1650 g/mol. The summed E-state index contributed by atoms with van der Waals surface area (Å²) in [6, 6.07) is 157. The highest BCUT2D eigenvalue weighted by Gasteiger charge is 2.47. The second-order valence-electron chi connectivity index (χ2n) is 41.5. The van der Waals surface area contributed by atoms with Crippen LogP contribution in [-0.4, -0.2) is 11.3 Å². The van der Waals surface area contributed by atoms with E-state index in [9.17, 15) is 0 Å². The minimum Gasteiger partial charge on any atom is -0.456 e. The molecule has 0 amide bonds. The fraction of sp³-hybridized carbons (Fsp3) is 0.123. The summed E-state index contributed by atoms with van der Waals surface area (Å²) in [4.78, 5) is 5.52. The van der Waals surface area contributed by atoms with E-state index in [0.717, 1.165) is 217 Å². The van der Waals surface area contributed by atoms with Gasteiger partial charge in [-0.1, -0.05) is 362 Å². The zero-order chi connectivity index (χ0) is 92.4. The summed E-state index contributed by atoms with van der Waals surface area (Å²) >= 11 is 0. The molecule has 24 rings (SSSR count). The topological polar surface area (TPSA) is 37.7 Å². The number of hydrogen-bond acceptors (Lipinski definition) is 4. The molecule has 654 valence electrons. The fourth-order valence-electron chi connectivity index (χ4n) is 21.7. The lowest BCUT2D eigenvalue weighted by Gasteiger charge is -2.46. The first-order valence-corrected chi connectivity index (χ1v) is 47.9. The van der Waals surface area contributed by atoms with Gasteiger partial charge in [0.1, 0.15) is 22.3 Å². The van der Waals surface area contributed by atoms with Crippen LogP contribution in [0.4, 0.5) is 34.1 Å². The predicted octanol–water partition coefficient (Wildman–Crippen LogP) is 34.5. The maximum absolute atomic E-state index is 7.13. The van der Waals surface area contributed by atoms with E-state index in [0.29, 0.717) is 0 Å². The first-order chi connectivity index (χ1) is 65.9. The number of anilines is 6. The maximum atomic E-state index is 7.13. The van der Waals surface area contributed by atoms with Gasteiger partial charge in [-0.2, -0.15) is 0 Å². The van der Waals surface area contributed by atoms with Crippen LogP contribution in [0.15, 0.2) is 421 Å². The Morgan fingerprint density at radius 1 is 0.206 bits per heavy atom. The van der Waals surface area contributed by atoms with Crippen molar-refractivity contribution in [1.82, 2.24) is 4.57 Å². The molecule has 0 atom stereocenters. The molecule has 2 aliphatic rings. The van der Waals surface area contributed by atoms with Crippen LogP contribution in [0.5, 0.6) is 0 Å². The molecule has 0 bridgehead atoms. The van der Waals surface area contributed by atoms with Gasteiger partial charge in [-0.3, -0.25) is 0 Å². The lowest BCUT2D eigenvalue weighted by molar-refractivity contribution is 0.590. The van der Waals surface area contributed by atoms with E-state index in [2.05, 4.69) is 510 Å². The monoisotopic (exact) mass is 1750 g/mol. The van der Waals surface area contributed by atoms with Gasteiger partial charge in [0.2, 0.25) is 0 Å². The van der Waals surface area contributed by atoms with Crippen molar-refractivity contribution in [1.29, 1.82) is 0 Å². The van der Waals surface area contributed by atoms with Gasteiger partial charge >= 0.3 is 0 Å². The summed E-state index contributed by atoms with van der Waals surface area (Å²) < 4.78 is 16.9. The van der Waals surface area contributed by atoms with Gasteiger partial charge < -0.3 is 23.2 Å². The van der Waals surface area contributed by atoms with Crippen LogP contribution < -0.4 is 26.2 Å². The van der Waals surface area contributed by atoms with Gasteiger partial charge in [-0.25, -0.2) is 0 Å². The molecular formula is C130H104BN3O2.